The molecule has 0 aromatic rings. The number of nitrogens with one attached hydrogen (secondary N) is 2. The Morgan fingerprint density at radius 2 is 1.86 bits per heavy atom. The predicted molar refractivity (Wildman–Crippen MR) is 101 cm³/mol. The highest BCUT2D eigenvalue weighted by Crippen LogP contribution is 2.19. The zero-order valence-electron chi connectivity index (χ0n) is 13.1. The molecule has 0 atom stereocenters. The molecule has 1 aliphatic heterocycles. The first-order valence-corrected chi connectivity index (χ1v) is 8.93. The van der Waals surface area contributed by atoms with Gasteiger partial charge in [-0.2, -0.15) is 0 Å². The second-order valence-corrected chi connectivity index (χ2v) is 6.44. The van der Waals surface area contributed by atoms with Gasteiger partial charge < -0.3 is 10.6 Å². The lowest BCUT2D eigenvalue weighted by Gasteiger charge is -2.32. The van der Waals surface area contributed by atoms with Crippen LogP contribution in [0, 0.1) is 0 Å². The summed E-state index contributed by atoms with van der Waals surface area (Å²) < 4.78 is 0. The summed E-state index contributed by atoms with van der Waals surface area (Å²) in [4.78, 5) is 0. The molecule has 2 N–H and O–H groups in total. The van der Waals surface area contributed by atoms with Crippen LogP contribution in [0.5, 0.6) is 0 Å². The molecular weight excluding hydrogens is 312 g/mol. The first kappa shape index (κ1) is 17.2. The number of nitrogens with zero attached hydrogens (tertiary/aromatic N) is 2. The second kappa shape index (κ2) is 9.10. The van der Waals surface area contributed by atoms with E-state index >= 15 is 0 Å². The average molecular weight is 339 g/mol. The van der Waals surface area contributed by atoms with Crippen molar-refractivity contribution in [1.82, 2.24) is 20.7 Å². The number of hydrazine groups is 1. The van der Waals surface area contributed by atoms with Crippen LogP contribution in [0.25, 0.3) is 0 Å². The van der Waals surface area contributed by atoms with E-state index in [0.717, 1.165) is 42.7 Å². The number of hydrogen-bond acceptors (Lipinski definition) is 2. The first-order chi connectivity index (χ1) is 10.7. The molecule has 0 spiro atoms. The van der Waals surface area contributed by atoms with Crippen molar-refractivity contribution in [2.24, 2.45) is 0 Å². The van der Waals surface area contributed by atoms with Crippen LogP contribution in [0.1, 0.15) is 38.5 Å². The van der Waals surface area contributed by atoms with Gasteiger partial charge in [-0.15, -0.1) is 6.58 Å². The molecule has 1 saturated heterocycles. The topological polar surface area (TPSA) is 30.5 Å². The Labute approximate surface area is 144 Å². The molecule has 1 fully saturated rings. The molecule has 4 nitrogen and oxygen atoms in total. The number of rotatable bonds is 5. The summed E-state index contributed by atoms with van der Waals surface area (Å²) in [6, 6.07) is 0. The summed E-state index contributed by atoms with van der Waals surface area (Å²) >= 11 is 11.0. The Hall–Kier alpha value is -1.14. The Morgan fingerprint density at radius 1 is 1.14 bits per heavy atom. The zero-order chi connectivity index (χ0) is 15.8. The highest BCUT2D eigenvalue weighted by Gasteiger charge is 2.26. The van der Waals surface area contributed by atoms with Crippen LogP contribution in [0.2, 0.25) is 0 Å². The summed E-state index contributed by atoms with van der Waals surface area (Å²) in [6.07, 6.45) is 11.5. The molecule has 6 heteroatoms. The predicted octanol–water partition coefficient (Wildman–Crippen LogP) is 2.73. The number of thiocarbonyl (C=S) groups is 2. The van der Waals surface area contributed by atoms with E-state index in [4.69, 9.17) is 24.4 Å². The largest absolute Gasteiger partial charge is 0.361 e. The van der Waals surface area contributed by atoms with Gasteiger partial charge in [-0.3, -0.25) is 10.0 Å². The van der Waals surface area contributed by atoms with Gasteiger partial charge in [0.1, 0.15) is 0 Å². The van der Waals surface area contributed by atoms with E-state index < -0.39 is 0 Å². The Kier molecular flexibility index (Phi) is 7.12. The van der Waals surface area contributed by atoms with E-state index in [1.807, 2.05) is 5.01 Å². The van der Waals surface area contributed by atoms with Crippen LogP contribution in [0.4, 0.5) is 0 Å². The van der Waals surface area contributed by atoms with Gasteiger partial charge in [-0.05, 0) is 63.0 Å². The van der Waals surface area contributed by atoms with Crippen molar-refractivity contribution < 1.29 is 0 Å². The fourth-order valence-electron chi connectivity index (χ4n) is 2.84. The van der Waals surface area contributed by atoms with Crippen molar-refractivity contribution in [3.8, 4) is 0 Å². The van der Waals surface area contributed by atoms with Crippen molar-refractivity contribution >= 4 is 34.7 Å². The SMILES string of the molecule is C=CCNC(=S)N1CCCN1C(=S)NCCC1=CCCCC1. The highest BCUT2D eigenvalue weighted by molar-refractivity contribution is 7.80. The molecule has 1 heterocycles. The van der Waals surface area contributed by atoms with E-state index in [2.05, 4.69) is 28.3 Å². The molecule has 0 radical (unpaired) electrons. The Bertz CT molecular complexity index is 447. The Morgan fingerprint density at radius 3 is 2.50 bits per heavy atom. The monoisotopic (exact) mass is 338 g/mol. The maximum absolute atomic E-state index is 5.54. The molecule has 1 aliphatic carbocycles. The normalized spacial score (nSPS) is 17.9. The lowest BCUT2D eigenvalue weighted by molar-refractivity contribution is 0.202. The molecule has 0 aromatic carbocycles. The van der Waals surface area contributed by atoms with E-state index in [1.165, 1.54) is 25.7 Å². The van der Waals surface area contributed by atoms with Gasteiger partial charge in [0, 0.05) is 26.2 Å². The standard InChI is InChI=1S/C16H26N4S2/c1-2-10-17-15(21)19-12-6-13-20(19)16(22)18-11-9-14-7-4-3-5-8-14/h2,7H,1,3-6,8-13H2,(H,17,21)(H,18,22). The molecule has 122 valence electrons. The Balaban J connectivity index is 1.76. The minimum Gasteiger partial charge on any atom is -0.361 e. The van der Waals surface area contributed by atoms with E-state index in [0.29, 0.717) is 6.54 Å². The maximum atomic E-state index is 5.54. The molecule has 0 amide bonds. The second-order valence-electron chi connectivity index (χ2n) is 5.66. The number of hydrogen-bond donors (Lipinski definition) is 2. The third kappa shape index (κ3) is 4.95. The molecule has 2 aliphatic rings. The molecule has 0 saturated carbocycles. The van der Waals surface area contributed by atoms with Gasteiger partial charge in [0.25, 0.3) is 0 Å². The van der Waals surface area contributed by atoms with Crippen molar-refractivity contribution in [2.75, 3.05) is 26.2 Å². The lowest BCUT2D eigenvalue weighted by atomic mass is 9.97. The smallest absolute Gasteiger partial charge is 0.188 e. The maximum Gasteiger partial charge on any atom is 0.188 e. The summed E-state index contributed by atoms with van der Waals surface area (Å²) in [5.74, 6) is 0. The molecular formula is C16H26N4S2. The molecule has 0 unspecified atom stereocenters. The van der Waals surface area contributed by atoms with E-state index in [1.54, 1.807) is 11.6 Å². The molecule has 0 aromatic heterocycles. The van der Waals surface area contributed by atoms with Gasteiger partial charge in [-0.1, -0.05) is 17.7 Å². The van der Waals surface area contributed by atoms with Crippen molar-refractivity contribution in [3.05, 3.63) is 24.3 Å². The van der Waals surface area contributed by atoms with Crippen LogP contribution in [0.15, 0.2) is 24.3 Å². The first-order valence-electron chi connectivity index (χ1n) is 8.12. The van der Waals surface area contributed by atoms with Crippen molar-refractivity contribution in [1.29, 1.82) is 0 Å². The van der Waals surface area contributed by atoms with Gasteiger partial charge in [0.05, 0.1) is 0 Å². The summed E-state index contributed by atoms with van der Waals surface area (Å²) in [5, 5.41) is 12.2. The van der Waals surface area contributed by atoms with E-state index in [-0.39, 0.29) is 0 Å². The minimum absolute atomic E-state index is 0.678. The van der Waals surface area contributed by atoms with Crippen molar-refractivity contribution in [2.45, 2.75) is 38.5 Å². The van der Waals surface area contributed by atoms with Gasteiger partial charge >= 0.3 is 0 Å². The summed E-state index contributed by atoms with van der Waals surface area (Å²) in [7, 11) is 0. The molecule has 2 rings (SSSR count). The van der Waals surface area contributed by atoms with Crippen LogP contribution in [-0.2, 0) is 0 Å². The third-order valence-corrected chi connectivity index (χ3v) is 4.72. The molecule has 0 bridgehead atoms. The van der Waals surface area contributed by atoms with Crippen LogP contribution < -0.4 is 10.6 Å². The highest BCUT2D eigenvalue weighted by atomic mass is 32.1. The lowest BCUT2D eigenvalue weighted by Crippen LogP contribution is -2.52. The van der Waals surface area contributed by atoms with Gasteiger partial charge in [-0.25, -0.2) is 0 Å². The fraction of sp³-hybridized carbons (Fsp3) is 0.625. The van der Waals surface area contributed by atoms with Crippen molar-refractivity contribution in [3.63, 3.8) is 0 Å². The van der Waals surface area contributed by atoms with E-state index in [9.17, 15) is 0 Å². The van der Waals surface area contributed by atoms with Crippen LogP contribution in [0.3, 0.4) is 0 Å². The quantitative estimate of drug-likeness (QED) is 0.592. The summed E-state index contributed by atoms with van der Waals surface area (Å²) in [5.41, 5.74) is 1.57. The van der Waals surface area contributed by atoms with Crippen LogP contribution in [-0.4, -0.2) is 46.4 Å². The number of allylic oxidation sites excluding steroid dienone is 1. The average Bonchev–Trinajstić information content (AvgIpc) is 3.03. The summed E-state index contributed by atoms with van der Waals surface area (Å²) in [6.45, 7) is 7.12. The minimum atomic E-state index is 0.678. The zero-order valence-corrected chi connectivity index (χ0v) is 14.8. The van der Waals surface area contributed by atoms with Gasteiger partial charge in [0.2, 0.25) is 0 Å². The molecule has 22 heavy (non-hydrogen) atoms. The third-order valence-electron chi connectivity index (χ3n) is 4.01. The van der Waals surface area contributed by atoms with Crippen LogP contribution >= 0.6 is 24.4 Å². The fourth-order valence-corrected chi connectivity index (χ4v) is 3.40. The van der Waals surface area contributed by atoms with Gasteiger partial charge in [0.15, 0.2) is 10.2 Å².